The van der Waals surface area contributed by atoms with E-state index in [4.69, 9.17) is 9.84 Å². The van der Waals surface area contributed by atoms with Gasteiger partial charge in [-0.15, -0.1) is 0 Å². The van der Waals surface area contributed by atoms with E-state index in [0.29, 0.717) is 6.54 Å². The number of hydrogen-bond acceptors (Lipinski definition) is 3. The molecule has 1 atom stereocenters. The summed E-state index contributed by atoms with van der Waals surface area (Å²) in [6, 6.07) is 6.00. The van der Waals surface area contributed by atoms with Crippen LogP contribution in [0.5, 0.6) is 5.75 Å². The first-order valence-corrected chi connectivity index (χ1v) is 6.24. The van der Waals surface area contributed by atoms with Crippen molar-refractivity contribution in [3.8, 4) is 5.75 Å². The summed E-state index contributed by atoms with van der Waals surface area (Å²) in [5.41, 5.74) is 2.16. The monoisotopic (exact) mass is 249 g/mol. The van der Waals surface area contributed by atoms with E-state index in [9.17, 15) is 4.79 Å². The molecule has 4 heteroatoms. The van der Waals surface area contributed by atoms with Gasteiger partial charge < -0.3 is 14.7 Å². The Hall–Kier alpha value is -1.71. The zero-order valence-corrected chi connectivity index (χ0v) is 10.8. The van der Waals surface area contributed by atoms with Crippen LogP contribution in [0.1, 0.15) is 18.4 Å². The second-order valence-corrected chi connectivity index (χ2v) is 4.80. The quantitative estimate of drug-likeness (QED) is 0.893. The molecule has 0 saturated carbocycles. The molecule has 0 radical (unpaired) electrons. The third-order valence-electron chi connectivity index (χ3n) is 3.45. The smallest absolute Gasteiger partial charge is 0.308 e. The van der Waals surface area contributed by atoms with Crippen LogP contribution >= 0.6 is 0 Å². The second-order valence-electron chi connectivity index (χ2n) is 4.80. The molecule has 1 N–H and O–H groups in total. The maximum atomic E-state index is 11.1. The van der Waals surface area contributed by atoms with E-state index >= 15 is 0 Å². The molecule has 0 spiro atoms. The molecule has 0 aliphatic carbocycles. The summed E-state index contributed by atoms with van der Waals surface area (Å²) < 4.78 is 5.36. The maximum Gasteiger partial charge on any atom is 0.308 e. The number of rotatable bonds is 3. The van der Waals surface area contributed by atoms with Crippen LogP contribution in [0.15, 0.2) is 18.2 Å². The van der Waals surface area contributed by atoms with E-state index in [1.54, 1.807) is 7.11 Å². The van der Waals surface area contributed by atoms with E-state index < -0.39 is 5.97 Å². The normalized spacial score (nSPS) is 19.7. The lowest BCUT2D eigenvalue weighted by Crippen LogP contribution is -2.38. The molecule has 4 nitrogen and oxygen atoms in total. The predicted octanol–water partition coefficient (Wildman–Crippen LogP) is 2.30. The minimum Gasteiger partial charge on any atom is -0.495 e. The molecule has 0 aromatic heterocycles. The Labute approximate surface area is 107 Å². The molecule has 0 amide bonds. The van der Waals surface area contributed by atoms with Crippen LogP contribution in [0, 0.1) is 12.8 Å². The first-order valence-electron chi connectivity index (χ1n) is 6.24. The topological polar surface area (TPSA) is 49.8 Å². The third kappa shape index (κ3) is 2.58. The van der Waals surface area contributed by atoms with Gasteiger partial charge in [-0.1, -0.05) is 6.07 Å². The number of carboxylic acid groups (broad SMARTS) is 1. The van der Waals surface area contributed by atoms with Gasteiger partial charge in [0.2, 0.25) is 0 Å². The first-order chi connectivity index (χ1) is 8.61. The van der Waals surface area contributed by atoms with Gasteiger partial charge in [0.1, 0.15) is 5.75 Å². The number of nitrogens with zero attached hydrogens (tertiary/aromatic N) is 1. The Balaban J connectivity index is 2.25. The molecular formula is C14H19NO3. The minimum atomic E-state index is -0.702. The van der Waals surface area contributed by atoms with E-state index in [0.717, 1.165) is 36.4 Å². The van der Waals surface area contributed by atoms with Gasteiger partial charge in [-0.2, -0.15) is 0 Å². The lowest BCUT2D eigenvalue weighted by Gasteiger charge is -2.33. The summed E-state index contributed by atoms with van der Waals surface area (Å²) in [4.78, 5) is 13.2. The van der Waals surface area contributed by atoms with Gasteiger partial charge >= 0.3 is 5.97 Å². The van der Waals surface area contributed by atoms with Crippen molar-refractivity contribution < 1.29 is 14.6 Å². The van der Waals surface area contributed by atoms with Crippen LogP contribution in [0.4, 0.5) is 5.69 Å². The summed E-state index contributed by atoms with van der Waals surface area (Å²) in [5.74, 6) is -0.165. The summed E-state index contributed by atoms with van der Waals surface area (Å²) >= 11 is 0. The lowest BCUT2D eigenvalue weighted by atomic mass is 9.97. The fourth-order valence-electron chi connectivity index (χ4n) is 2.44. The van der Waals surface area contributed by atoms with E-state index in [2.05, 4.69) is 11.0 Å². The Morgan fingerprint density at radius 3 is 2.94 bits per heavy atom. The molecule has 0 bridgehead atoms. The highest BCUT2D eigenvalue weighted by molar-refractivity contribution is 5.72. The molecule has 18 heavy (non-hydrogen) atoms. The van der Waals surface area contributed by atoms with Crippen molar-refractivity contribution in [2.45, 2.75) is 19.8 Å². The molecule has 1 saturated heterocycles. The second kappa shape index (κ2) is 5.29. The highest BCUT2D eigenvalue weighted by Gasteiger charge is 2.26. The largest absolute Gasteiger partial charge is 0.495 e. The van der Waals surface area contributed by atoms with Crippen LogP contribution in [-0.2, 0) is 4.79 Å². The maximum absolute atomic E-state index is 11.1. The van der Waals surface area contributed by atoms with E-state index in [-0.39, 0.29) is 5.92 Å². The molecule has 1 aromatic carbocycles. The molecule has 1 unspecified atom stereocenters. The van der Waals surface area contributed by atoms with Gasteiger partial charge in [0.05, 0.1) is 18.7 Å². The standard InChI is InChI=1S/C14H19NO3/c1-10-5-6-13(18-2)12(8-10)15-7-3-4-11(9-15)14(16)17/h5-6,8,11H,3-4,7,9H2,1-2H3,(H,16,17). The van der Waals surface area contributed by atoms with Crippen molar-refractivity contribution >= 4 is 11.7 Å². The van der Waals surface area contributed by atoms with Gasteiger partial charge in [-0.3, -0.25) is 4.79 Å². The third-order valence-corrected chi connectivity index (χ3v) is 3.45. The Bertz CT molecular complexity index is 445. The Morgan fingerprint density at radius 2 is 2.28 bits per heavy atom. The molecule has 1 aliphatic rings. The van der Waals surface area contributed by atoms with Crippen molar-refractivity contribution in [1.82, 2.24) is 0 Å². The predicted molar refractivity (Wildman–Crippen MR) is 70.3 cm³/mol. The van der Waals surface area contributed by atoms with Crippen LogP contribution < -0.4 is 9.64 Å². The average molecular weight is 249 g/mol. The van der Waals surface area contributed by atoms with Crippen molar-refractivity contribution in [1.29, 1.82) is 0 Å². The molecule has 1 fully saturated rings. The summed E-state index contributed by atoms with van der Waals surface area (Å²) in [5, 5.41) is 9.13. The fourth-order valence-corrected chi connectivity index (χ4v) is 2.44. The number of anilines is 1. The van der Waals surface area contributed by atoms with Crippen molar-refractivity contribution in [3.05, 3.63) is 23.8 Å². The van der Waals surface area contributed by atoms with Crippen LogP contribution in [0.2, 0.25) is 0 Å². The SMILES string of the molecule is COc1ccc(C)cc1N1CCCC(C(=O)O)C1. The number of methoxy groups -OCH3 is 1. The van der Waals surface area contributed by atoms with Crippen molar-refractivity contribution in [2.75, 3.05) is 25.1 Å². The number of hydrogen-bond donors (Lipinski definition) is 1. The number of aliphatic carboxylic acids is 1. The number of aryl methyl sites for hydroxylation is 1. The number of piperidine rings is 1. The van der Waals surface area contributed by atoms with Crippen LogP contribution in [0.3, 0.4) is 0 Å². The van der Waals surface area contributed by atoms with Crippen molar-refractivity contribution in [3.63, 3.8) is 0 Å². The van der Waals surface area contributed by atoms with Gasteiger partial charge in [-0.05, 0) is 37.5 Å². The van der Waals surface area contributed by atoms with Gasteiger partial charge in [-0.25, -0.2) is 0 Å². The van der Waals surface area contributed by atoms with Crippen LogP contribution in [-0.4, -0.2) is 31.3 Å². The van der Waals surface area contributed by atoms with Crippen molar-refractivity contribution in [2.24, 2.45) is 5.92 Å². The molecule has 1 heterocycles. The van der Waals surface area contributed by atoms with E-state index in [1.165, 1.54) is 0 Å². The molecule has 1 aromatic rings. The molecule has 1 aliphatic heterocycles. The molecule has 98 valence electrons. The zero-order chi connectivity index (χ0) is 13.1. The van der Waals surface area contributed by atoms with E-state index in [1.807, 2.05) is 19.1 Å². The number of carbonyl (C=O) groups is 1. The highest BCUT2D eigenvalue weighted by Crippen LogP contribution is 2.32. The van der Waals surface area contributed by atoms with Gasteiger partial charge in [0.25, 0.3) is 0 Å². The zero-order valence-electron chi connectivity index (χ0n) is 10.8. The average Bonchev–Trinajstić information content (AvgIpc) is 2.39. The van der Waals surface area contributed by atoms with Crippen LogP contribution in [0.25, 0.3) is 0 Å². The summed E-state index contributed by atoms with van der Waals surface area (Å²) in [6.07, 6.45) is 1.67. The Kier molecular flexibility index (Phi) is 3.75. The lowest BCUT2D eigenvalue weighted by molar-refractivity contribution is -0.141. The summed E-state index contributed by atoms with van der Waals surface area (Å²) in [7, 11) is 1.65. The molecular weight excluding hydrogens is 230 g/mol. The number of benzene rings is 1. The number of carboxylic acids is 1. The Morgan fingerprint density at radius 1 is 1.50 bits per heavy atom. The first kappa shape index (κ1) is 12.7. The number of ether oxygens (including phenoxy) is 1. The van der Waals surface area contributed by atoms with Gasteiger partial charge in [0, 0.05) is 13.1 Å². The highest BCUT2D eigenvalue weighted by atomic mass is 16.5. The molecule has 2 rings (SSSR count). The fraction of sp³-hybridized carbons (Fsp3) is 0.500. The minimum absolute atomic E-state index is 0.274. The summed E-state index contributed by atoms with van der Waals surface area (Å²) in [6.45, 7) is 3.49. The van der Waals surface area contributed by atoms with Gasteiger partial charge in [0.15, 0.2) is 0 Å².